The van der Waals surface area contributed by atoms with E-state index < -0.39 is 33.4 Å². The molecule has 2 aromatic rings. The Hall–Kier alpha value is -2.75. The van der Waals surface area contributed by atoms with Crippen LogP contribution in [-0.2, 0) is 19.6 Å². The maximum absolute atomic E-state index is 12.5. The second-order valence-corrected chi connectivity index (χ2v) is 9.47. The van der Waals surface area contributed by atoms with Crippen molar-refractivity contribution in [2.24, 2.45) is 0 Å². The van der Waals surface area contributed by atoms with Gasteiger partial charge in [-0.25, -0.2) is 13.1 Å². The zero-order valence-electron chi connectivity index (χ0n) is 17.2. The summed E-state index contributed by atoms with van der Waals surface area (Å²) in [7, 11) is -3.79. The van der Waals surface area contributed by atoms with Gasteiger partial charge in [-0.1, -0.05) is 36.4 Å². The van der Waals surface area contributed by atoms with Crippen LogP contribution in [0, 0.1) is 0 Å². The number of carbonyl (C=O) groups excluding carboxylic acids is 2. The predicted octanol–water partition coefficient (Wildman–Crippen LogP) is 1.94. The molecule has 0 unspecified atom stereocenters. The first kappa shape index (κ1) is 23.5. The van der Waals surface area contributed by atoms with Crippen molar-refractivity contribution in [3.8, 4) is 0 Å². The Morgan fingerprint density at radius 1 is 1.00 bits per heavy atom. The van der Waals surface area contributed by atoms with E-state index in [2.05, 4.69) is 15.4 Å². The fourth-order valence-electron chi connectivity index (χ4n) is 2.75. The fourth-order valence-corrected chi connectivity index (χ4v) is 4.22. The molecule has 0 saturated heterocycles. The van der Waals surface area contributed by atoms with E-state index in [9.17, 15) is 23.1 Å². The molecular weight excluding hydrogens is 406 g/mol. The quantitative estimate of drug-likeness (QED) is 0.497. The van der Waals surface area contributed by atoms with E-state index in [0.717, 1.165) is 5.56 Å². The standard InChI is InChI=1S/C21H27N3O5S/c1-21(2,3)24-30(28,29)17-11-7-10-16(14-17)22-19(26)20(27)23-18(12-13-25)15-8-5-4-6-9-15/h4-11,14,18,24-25H,12-13H2,1-3H3,(H,22,26)(H,23,27)/t18-/m1/s1. The number of carbonyl (C=O) groups is 2. The lowest BCUT2D eigenvalue weighted by atomic mass is 10.0. The number of sulfonamides is 1. The Balaban J connectivity index is 2.11. The van der Waals surface area contributed by atoms with Crippen molar-refractivity contribution in [3.63, 3.8) is 0 Å². The molecule has 0 aliphatic rings. The summed E-state index contributed by atoms with van der Waals surface area (Å²) in [4.78, 5) is 24.6. The van der Waals surface area contributed by atoms with Crippen LogP contribution in [0.4, 0.5) is 5.69 Å². The molecule has 0 bridgehead atoms. The molecule has 2 rings (SSSR count). The summed E-state index contributed by atoms with van der Waals surface area (Å²) >= 11 is 0. The molecule has 8 nitrogen and oxygen atoms in total. The largest absolute Gasteiger partial charge is 0.396 e. The Kier molecular flexibility index (Phi) is 7.71. The molecule has 162 valence electrons. The van der Waals surface area contributed by atoms with Gasteiger partial charge in [-0.3, -0.25) is 9.59 Å². The number of hydrogen-bond acceptors (Lipinski definition) is 5. The average Bonchev–Trinajstić information content (AvgIpc) is 2.66. The first-order valence-corrected chi connectivity index (χ1v) is 10.9. The van der Waals surface area contributed by atoms with Gasteiger partial charge < -0.3 is 15.7 Å². The SMILES string of the molecule is CC(C)(C)NS(=O)(=O)c1cccc(NC(=O)C(=O)N[C@H](CCO)c2ccccc2)c1. The molecule has 4 N–H and O–H groups in total. The topological polar surface area (TPSA) is 125 Å². The van der Waals surface area contributed by atoms with Crippen molar-refractivity contribution in [1.82, 2.24) is 10.0 Å². The van der Waals surface area contributed by atoms with E-state index in [0.29, 0.717) is 0 Å². The third-order valence-electron chi connectivity index (χ3n) is 3.97. The molecule has 0 saturated carbocycles. The van der Waals surface area contributed by atoms with Gasteiger partial charge in [-0.2, -0.15) is 0 Å². The molecule has 0 aliphatic carbocycles. The summed E-state index contributed by atoms with van der Waals surface area (Å²) in [5.74, 6) is -1.83. The van der Waals surface area contributed by atoms with Crippen LogP contribution in [0.25, 0.3) is 0 Å². The van der Waals surface area contributed by atoms with Crippen molar-refractivity contribution in [2.45, 2.75) is 43.7 Å². The summed E-state index contributed by atoms with van der Waals surface area (Å²) in [5, 5.41) is 14.3. The van der Waals surface area contributed by atoms with E-state index in [-0.39, 0.29) is 23.6 Å². The number of rotatable bonds is 7. The lowest BCUT2D eigenvalue weighted by Gasteiger charge is -2.20. The van der Waals surface area contributed by atoms with Crippen LogP contribution < -0.4 is 15.4 Å². The zero-order chi connectivity index (χ0) is 22.4. The van der Waals surface area contributed by atoms with Gasteiger partial charge in [0.1, 0.15) is 0 Å². The highest BCUT2D eigenvalue weighted by molar-refractivity contribution is 7.89. The Labute approximate surface area is 176 Å². The summed E-state index contributed by atoms with van der Waals surface area (Å²) in [6.07, 6.45) is 0.245. The van der Waals surface area contributed by atoms with Crippen LogP contribution >= 0.6 is 0 Å². The van der Waals surface area contributed by atoms with Gasteiger partial charge in [0.05, 0.1) is 10.9 Å². The third-order valence-corrected chi connectivity index (χ3v) is 5.73. The van der Waals surface area contributed by atoms with E-state index in [1.807, 2.05) is 6.07 Å². The molecule has 2 amide bonds. The van der Waals surface area contributed by atoms with Crippen LogP contribution in [0.3, 0.4) is 0 Å². The van der Waals surface area contributed by atoms with Crippen molar-refractivity contribution in [2.75, 3.05) is 11.9 Å². The second-order valence-electron chi connectivity index (χ2n) is 7.79. The number of nitrogens with one attached hydrogen (secondary N) is 3. The van der Waals surface area contributed by atoms with E-state index >= 15 is 0 Å². The highest BCUT2D eigenvalue weighted by Gasteiger charge is 2.23. The number of aliphatic hydroxyl groups excluding tert-OH is 1. The normalized spacial score (nSPS) is 12.8. The van der Waals surface area contributed by atoms with Crippen LogP contribution in [0.2, 0.25) is 0 Å². The molecule has 30 heavy (non-hydrogen) atoms. The van der Waals surface area contributed by atoms with Crippen LogP contribution in [0.5, 0.6) is 0 Å². The summed E-state index contributed by atoms with van der Waals surface area (Å²) in [6.45, 7) is 4.99. The van der Waals surface area contributed by atoms with Gasteiger partial charge in [0, 0.05) is 17.8 Å². The molecule has 2 aromatic carbocycles. The number of hydrogen-bond donors (Lipinski definition) is 4. The van der Waals surface area contributed by atoms with Crippen LogP contribution in [0.15, 0.2) is 59.5 Å². The van der Waals surface area contributed by atoms with Crippen molar-refractivity contribution < 1.29 is 23.1 Å². The van der Waals surface area contributed by atoms with E-state index in [1.165, 1.54) is 24.3 Å². The highest BCUT2D eigenvalue weighted by Crippen LogP contribution is 2.18. The minimum absolute atomic E-state index is 0.0296. The van der Waals surface area contributed by atoms with Crippen molar-refractivity contribution >= 4 is 27.5 Å². The maximum Gasteiger partial charge on any atom is 0.313 e. The lowest BCUT2D eigenvalue weighted by molar-refractivity contribution is -0.136. The smallest absolute Gasteiger partial charge is 0.313 e. The Bertz CT molecular complexity index is 985. The molecule has 0 spiro atoms. The fraction of sp³-hybridized carbons (Fsp3) is 0.333. The second kappa shape index (κ2) is 9.84. The molecule has 1 atom stereocenters. The van der Waals surface area contributed by atoms with Crippen molar-refractivity contribution in [3.05, 3.63) is 60.2 Å². The molecule has 0 radical (unpaired) electrons. The van der Waals surface area contributed by atoms with Gasteiger partial charge in [0.2, 0.25) is 10.0 Å². The number of aliphatic hydroxyl groups is 1. The van der Waals surface area contributed by atoms with Gasteiger partial charge in [0.25, 0.3) is 0 Å². The molecular formula is C21H27N3O5S. The molecule has 9 heteroatoms. The van der Waals surface area contributed by atoms with Gasteiger partial charge in [0.15, 0.2) is 0 Å². The van der Waals surface area contributed by atoms with Gasteiger partial charge in [-0.15, -0.1) is 0 Å². The van der Waals surface area contributed by atoms with Gasteiger partial charge >= 0.3 is 11.8 Å². The first-order chi connectivity index (χ1) is 14.0. The zero-order valence-corrected chi connectivity index (χ0v) is 18.0. The summed E-state index contributed by atoms with van der Waals surface area (Å²) in [6, 6.07) is 14.1. The van der Waals surface area contributed by atoms with Crippen LogP contribution in [-0.4, -0.2) is 37.5 Å². The number of amides is 2. The number of benzene rings is 2. The molecule has 0 fully saturated rings. The summed E-state index contributed by atoms with van der Waals surface area (Å²) in [5.41, 5.74) is 0.260. The average molecular weight is 434 g/mol. The summed E-state index contributed by atoms with van der Waals surface area (Å²) < 4.78 is 27.5. The maximum atomic E-state index is 12.5. The first-order valence-electron chi connectivity index (χ1n) is 9.43. The van der Waals surface area contributed by atoms with E-state index in [4.69, 9.17) is 0 Å². The van der Waals surface area contributed by atoms with E-state index in [1.54, 1.807) is 45.0 Å². The third kappa shape index (κ3) is 6.94. The lowest BCUT2D eigenvalue weighted by Crippen LogP contribution is -2.40. The Morgan fingerprint density at radius 2 is 1.67 bits per heavy atom. The van der Waals surface area contributed by atoms with Crippen molar-refractivity contribution in [1.29, 1.82) is 0 Å². The highest BCUT2D eigenvalue weighted by atomic mass is 32.2. The van der Waals surface area contributed by atoms with Gasteiger partial charge in [-0.05, 0) is 51.0 Å². The van der Waals surface area contributed by atoms with Crippen LogP contribution in [0.1, 0.15) is 38.8 Å². The number of anilines is 1. The minimum atomic E-state index is -3.79. The predicted molar refractivity (Wildman–Crippen MR) is 114 cm³/mol. The Morgan fingerprint density at radius 3 is 2.27 bits per heavy atom. The molecule has 0 heterocycles. The molecule has 0 aromatic heterocycles. The minimum Gasteiger partial charge on any atom is -0.396 e. The monoisotopic (exact) mass is 433 g/mol. The molecule has 0 aliphatic heterocycles.